The summed E-state index contributed by atoms with van der Waals surface area (Å²) >= 11 is 0. The van der Waals surface area contributed by atoms with Gasteiger partial charge in [0.15, 0.2) is 6.10 Å². The van der Waals surface area contributed by atoms with Crippen molar-refractivity contribution in [3.63, 3.8) is 0 Å². The second-order valence-electron chi connectivity index (χ2n) is 10.3. The molecule has 0 aliphatic heterocycles. The van der Waals surface area contributed by atoms with E-state index >= 15 is 0 Å². The summed E-state index contributed by atoms with van der Waals surface area (Å²) in [5, 5.41) is 21.8. The summed E-state index contributed by atoms with van der Waals surface area (Å²) in [4.78, 5) is 16.8. The Kier molecular flexibility index (Phi) is 6.44. The average Bonchev–Trinajstić information content (AvgIpc) is 2.79. The van der Waals surface area contributed by atoms with Gasteiger partial charge >= 0.3 is 12.1 Å². The number of aliphatic carboxylic acids is 1. The Hall–Kier alpha value is -3.65. The second kappa shape index (κ2) is 9.03. The first-order valence-electron chi connectivity index (χ1n) is 11.7. The van der Waals surface area contributed by atoms with Crippen LogP contribution in [0.4, 0.5) is 13.2 Å². The lowest BCUT2D eigenvalue weighted by molar-refractivity contribution is -0.160. The van der Waals surface area contributed by atoms with Crippen LogP contribution in [0.15, 0.2) is 42.5 Å². The first-order valence-corrected chi connectivity index (χ1v) is 11.7. The number of aromatic hydroxyl groups is 1. The second-order valence-corrected chi connectivity index (χ2v) is 10.3. The van der Waals surface area contributed by atoms with Crippen molar-refractivity contribution in [2.24, 2.45) is 0 Å². The molecule has 3 aromatic carbocycles. The third kappa shape index (κ3) is 4.85. The molecule has 5 nitrogen and oxygen atoms in total. The number of nitrogens with zero attached hydrogens (tertiary/aromatic N) is 1. The molecular weight excluding hydrogens is 483 g/mol. The molecule has 1 heterocycles. The number of hydrogen-bond donors (Lipinski definition) is 2. The van der Waals surface area contributed by atoms with Crippen LogP contribution in [-0.2, 0) is 15.7 Å². The molecule has 0 fully saturated rings. The molecule has 0 saturated heterocycles. The summed E-state index contributed by atoms with van der Waals surface area (Å²) in [6, 6.07) is 10.7. The lowest BCUT2D eigenvalue weighted by atomic mass is 9.84. The molecule has 1 atom stereocenters. The molecule has 0 aliphatic carbocycles. The monoisotopic (exact) mass is 511 g/mol. The number of aromatic nitrogens is 1. The van der Waals surface area contributed by atoms with Crippen LogP contribution in [0.2, 0.25) is 0 Å². The molecule has 0 spiro atoms. The van der Waals surface area contributed by atoms with Crippen LogP contribution < -0.4 is 0 Å². The summed E-state index contributed by atoms with van der Waals surface area (Å²) < 4.78 is 46.2. The van der Waals surface area contributed by atoms with Gasteiger partial charge in [-0.3, -0.25) is 0 Å². The Balaban J connectivity index is 2.20. The first kappa shape index (κ1) is 26.4. The van der Waals surface area contributed by atoms with E-state index in [1.165, 1.54) is 6.07 Å². The predicted molar refractivity (Wildman–Crippen MR) is 137 cm³/mol. The van der Waals surface area contributed by atoms with Crippen molar-refractivity contribution in [1.29, 1.82) is 0 Å². The highest BCUT2D eigenvalue weighted by molar-refractivity contribution is 6.13. The van der Waals surface area contributed by atoms with Gasteiger partial charge in [0, 0.05) is 16.3 Å². The van der Waals surface area contributed by atoms with E-state index in [2.05, 4.69) is 4.98 Å². The van der Waals surface area contributed by atoms with Gasteiger partial charge in [-0.25, -0.2) is 9.78 Å². The maximum Gasteiger partial charge on any atom is 0.416 e. The van der Waals surface area contributed by atoms with Gasteiger partial charge in [-0.1, -0.05) is 35.9 Å². The predicted octanol–water partition coefficient (Wildman–Crippen LogP) is 7.65. The number of carboxylic acids is 1. The minimum atomic E-state index is -4.59. The molecule has 194 valence electrons. The lowest BCUT2D eigenvalue weighted by Crippen LogP contribution is -2.28. The van der Waals surface area contributed by atoms with E-state index in [-0.39, 0.29) is 5.39 Å². The Morgan fingerprint density at radius 3 is 2.11 bits per heavy atom. The summed E-state index contributed by atoms with van der Waals surface area (Å²) in [5.41, 5.74) is 2.44. The zero-order chi connectivity index (χ0) is 27.4. The van der Waals surface area contributed by atoms with E-state index in [9.17, 15) is 28.2 Å². The molecule has 0 unspecified atom stereocenters. The Morgan fingerprint density at radius 2 is 1.57 bits per heavy atom. The van der Waals surface area contributed by atoms with Crippen LogP contribution in [0.3, 0.4) is 0 Å². The van der Waals surface area contributed by atoms with Gasteiger partial charge in [-0.15, -0.1) is 0 Å². The molecule has 0 aliphatic rings. The maximum absolute atomic E-state index is 13.4. The number of hydrogen-bond acceptors (Lipinski definition) is 4. The summed E-state index contributed by atoms with van der Waals surface area (Å²) in [6.07, 6.45) is -5.94. The number of benzene rings is 3. The standard InChI is InChI=1S/C29H28F3NO4/c1-14-7-9-17(10-8-14)21-15(2)22-19-12-11-18(29(30,31)32)13-20(19)26(34)33-24(22)16(3)23(21)25(27(35)36)37-28(4,5)6/h7-13,25H,1-6H3,(H,33,34)(H,35,36)/t25-/m0/s1. The van der Waals surface area contributed by atoms with Crippen molar-refractivity contribution in [3.05, 3.63) is 70.3 Å². The van der Waals surface area contributed by atoms with Crippen LogP contribution in [-0.4, -0.2) is 26.8 Å². The molecule has 0 radical (unpaired) electrons. The Morgan fingerprint density at radius 1 is 0.946 bits per heavy atom. The summed E-state index contributed by atoms with van der Waals surface area (Å²) in [5.74, 6) is -1.75. The van der Waals surface area contributed by atoms with E-state index in [0.29, 0.717) is 38.5 Å². The van der Waals surface area contributed by atoms with Gasteiger partial charge in [0.2, 0.25) is 5.88 Å². The topological polar surface area (TPSA) is 79.7 Å². The minimum Gasteiger partial charge on any atom is -0.493 e. The van der Waals surface area contributed by atoms with E-state index in [0.717, 1.165) is 23.3 Å². The normalized spacial score (nSPS) is 13.3. The SMILES string of the molecule is Cc1ccc(-c2c([C@H](OC(C)(C)C)C(=O)O)c(C)c3nc(O)c4cc(C(F)(F)F)ccc4c3c2C)cc1. The van der Waals surface area contributed by atoms with Gasteiger partial charge < -0.3 is 14.9 Å². The zero-order valence-corrected chi connectivity index (χ0v) is 21.4. The number of halogens is 3. The fourth-order valence-corrected chi connectivity index (χ4v) is 4.77. The number of carboxylic acid groups (broad SMARTS) is 1. The van der Waals surface area contributed by atoms with Crippen LogP contribution >= 0.6 is 0 Å². The summed E-state index contributed by atoms with van der Waals surface area (Å²) in [6.45, 7) is 10.7. The maximum atomic E-state index is 13.4. The quantitative estimate of drug-likeness (QED) is 0.275. The molecule has 1 aromatic heterocycles. The largest absolute Gasteiger partial charge is 0.493 e. The smallest absolute Gasteiger partial charge is 0.416 e. The number of alkyl halides is 3. The highest BCUT2D eigenvalue weighted by atomic mass is 19.4. The molecule has 0 saturated carbocycles. The molecule has 37 heavy (non-hydrogen) atoms. The van der Waals surface area contributed by atoms with Crippen LogP contribution in [0.5, 0.6) is 5.88 Å². The van der Waals surface area contributed by atoms with Gasteiger partial charge in [0.1, 0.15) is 0 Å². The van der Waals surface area contributed by atoms with Gasteiger partial charge in [0.25, 0.3) is 0 Å². The Bertz CT molecular complexity index is 1530. The number of pyridine rings is 1. The number of rotatable bonds is 4. The van der Waals surface area contributed by atoms with Crippen molar-refractivity contribution in [2.75, 3.05) is 0 Å². The van der Waals surface area contributed by atoms with Gasteiger partial charge in [-0.05, 0) is 81.3 Å². The third-order valence-electron chi connectivity index (χ3n) is 6.39. The van der Waals surface area contributed by atoms with E-state index in [4.69, 9.17) is 4.74 Å². The number of aryl methyl sites for hydroxylation is 3. The molecular formula is C29H28F3NO4. The summed E-state index contributed by atoms with van der Waals surface area (Å²) in [7, 11) is 0. The lowest BCUT2D eigenvalue weighted by Gasteiger charge is -2.29. The van der Waals surface area contributed by atoms with Crippen molar-refractivity contribution >= 4 is 27.6 Å². The van der Waals surface area contributed by atoms with Crippen molar-refractivity contribution in [2.45, 2.75) is 59.4 Å². The first-order chi connectivity index (χ1) is 17.1. The zero-order valence-electron chi connectivity index (χ0n) is 21.4. The highest BCUT2D eigenvalue weighted by Gasteiger charge is 2.34. The number of carbonyl (C=O) groups is 1. The molecule has 0 bridgehead atoms. The fourth-order valence-electron chi connectivity index (χ4n) is 4.77. The molecule has 4 rings (SSSR count). The molecule has 8 heteroatoms. The third-order valence-corrected chi connectivity index (χ3v) is 6.39. The highest BCUT2D eigenvalue weighted by Crippen LogP contribution is 2.45. The molecule has 2 N–H and O–H groups in total. The fraction of sp³-hybridized carbons (Fsp3) is 0.310. The van der Waals surface area contributed by atoms with Crippen LogP contribution in [0.1, 0.15) is 54.7 Å². The molecule has 0 amide bonds. The van der Waals surface area contributed by atoms with Crippen LogP contribution in [0, 0.1) is 20.8 Å². The Labute approximate surface area is 212 Å². The van der Waals surface area contributed by atoms with Gasteiger partial charge in [-0.2, -0.15) is 13.2 Å². The van der Waals surface area contributed by atoms with E-state index in [1.54, 1.807) is 34.6 Å². The van der Waals surface area contributed by atoms with Crippen molar-refractivity contribution < 1.29 is 32.9 Å². The average molecular weight is 512 g/mol. The number of fused-ring (bicyclic) bond motifs is 3. The van der Waals surface area contributed by atoms with E-state index in [1.807, 2.05) is 31.2 Å². The van der Waals surface area contributed by atoms with Crippen molar-refractivity contribution in [1.82, 2.24) is 4.98 Å². The number of ether oxygens (including phenoxy) is 1. The molecule has 4 aromatic rings. The van der Waals surface area contributed by atoms with E-state index < -0.39 is 35.3 Å². The minimum absolute atomic E-state index is 0.0341. The van der Waals surface area contributed by atoms with Crippen LogP contribution in [0.25, 0.3) is 32.8 Å². The van der Waals surface area contributed by atoms with Crippen molar-refractivity contribution in [3.8, 4) is 17.0 Å². The van der Waals surface area contributed by atoms with Gasteiger partial charge in [0.05, 0.1) is 16.7 Å².